The van der Waals surface area contributed by atoms with E-state index in [1.807, 2.05) is 24.6 Å². The first-order valence-electron chi connectivity index (χ1n) is 10.3. The van der Waals surface area contributed by atoms with Crippen molar-refractivity contribution in [3.8, 4) is 0 Å². The summed E-state index contributed by atoms with van der Waals surface area (Å²) in [6.07, 6.45) is 5.47. The van der Waals surface area contributed by atoms with E-state index in [0.29, 0.717) is 25.0 Å². The van der Waals surface area contributed by atoms with Crippen LogP contribution < -0.4 is 5.43 Å². The lowest BCUT2D eigenvalue weighted by molar-refractivity contribution is 0.138. The number of rotatable bonds is 5. The van der Waals surface area contributed by atoms with Gasteiger partial charge in [0, 0.05) is 37.0 Å². The van der Waals surface area contributed by atoms with Crippen LogP contribution in [0.4, 0.5) is 4.79 Å². The van der Waals surface area contributed by atoms with Gasteiger partial charge in [-0.2, -0.15) is 0 Å². The minimum atomic E-state index is -0.0653. The lowest BCUT2D eigenvalue weighted by atomic mass is 9.75. The van der Waals surface area contributed by atoms with Crippen molar-refractivity contribution < 1.29 is 4.79 Å². The first kappa shape index (κ1) is 19.5. The zero-order valence-corrected chi connectivity index (χ0v) is 18.3. The van der Waals surface area contributed by atoms with Gasteiger partial charge in [-0.05, 0) is 72.8 Å². The summed E-state index contributed by atoms with van der Waals surface area (Å²) in [6.45, 7) is 11.4. The fourth-order valence-electron chi connectivity index (χ4n) is 5.06. The van der Waals surface area contributed by atoms with Gasteiger partial charge in [-0.1, -0.05) is 18.2 Å². The Morgan fingerprint density at radius 3 is 2.89 bits per heavy atom. The van der Waals surface area contributed by atoms with Crippen LogP contribution in [0.3, 0.4) is 0 Å². The van der Waals surface area contributed by atoms with Gasteiger partial charge >= 0.3 is 6.03 Å². The molecule has 150 valence electrons. The molecule has 0 saturated carbocycles. The van der Waals surface area contributed by atoms with E-state index in [0.717, 1.165) is 29.6 Å². The normalized spacial score (nSPS) is 21.4. The first-order chi connectivity index (χ1) is 13.6. The molecule has 2 heterocycles. The molecular formula is C22H29BrN4O. The van der Waals surface area contributed by atoms with Crippen molar-refractivity contribution in [3.63, 3.8) is 0 Å². The molecule has 28 heavy (non-hydrogen) atoms. The number of amides is 2. The average molecular weight is 445 g/mol. The number of benzene rings is 1. The van der Waals surface area contributed by atoms with Gasteiger partial charge in [0.15, 0.2) is 0 Å². The van der Waals surface area contributed by atoms with E-state index in [-0.39, 0.29) is 6.03 Å². The zero-order chi connectivity index (χ0) is 19.8. The predicted octanol–water partition coefficient (Wildman–Crippen LogP) is 4.70. The van der Waals surface area contributed by atoms with Crippen molar-refractivity contribution in [2.24, 2.45) is 0 Å². The molecular weight excluding hydrogens is 416 g/mol. The topological polar surface area (TPSA) is 40.5 Å². The summed E-state index contributed by atoms with van der Waals surface area (Å²) in [7, 11) is 0. The fourth-order valence-corrected chi connectivity index (χ4v) is 5.70. The summed E-state index contributed by atoms with van der Waals surface area (Å²) in [5, 5.41) is 1.32. The van der Waals surface area contributed by atoms with Gasteiger partial charge in [0.05, 0.1) is 5.52 Å². The van der Waals surface area contributed by atoms with Crippen LogP contribution in [0.5, 0.6) is 0 Å². The van der Waals surface area contributed by atoms with E-state index in [1.165, 1.54) is 29.4 Å². The smallest absolute Gasteiger partial charge is 0.324 e. The maximum atomic E-state index is 12.7. The third-order valence-corrected chi connectivity index (χ3v) is 7.22. The Labute approximate surface area is 175 Å². The Morgan fingerprint density at radius 2 is 2.18 bits per heavy atom. The second kappa shape index (κ2) is 7.91. The zero-order valence-electron chi connectivity index (χ0n) is 16.7. The Bertz CT molecular complexity index is 902. The van der Waals surface area contributed by atoms with E-state index in [2.05, 4.69) is 51.0 Å². The SMILES string of the molecule is C=CCN1CCC[C@@H]2c3cccc4c3c(c(Br)n4NC(=O)N(CC)CC)C[C@H]21. The van der Waals surface area contributed by atoms with Crippen molar-refractivity contribution in [2.45, 2.75) is 45.1 Å². The van der Waals surface area contributed by atoms with E-state index < -0.39 is 0 Å². The molecule has 5 nitrogen and oxygen atoms in total. The second-order valence-electron chi connectivity index (χ2n) is 7.74. The van der Waals surface area contributed by atoms with Crippen molar-refractivity contribution in [2.75, 3.05) is 31.6 Å². The van der Waals surface area contributed by atoms with Gasteiger partial charge < -0.3 is 4.90 Å². The number of aromatic nitrogens is 1. The molecule has 1 N–H and O–H groups in total. The number of likely N-dealkylation sites (tertiary alicyclic amines) is 1. The summed E-state index contributed by atoms with van der Waals surface area (Å²) in [4.78, 5) is 17.1. The van der Waals surface area contributed by atoms with Crippen LogP contribution in [0.1, 0.15) is 43.7 Å². The summed E-state index contributed by atoms with van der Waals surface area (Å²) >= 11 is 3.81. The third kappa shape index (κ3) is 3.07. The number of halogens is 1. The van der Waals surface area contributed by atoms with E-state index in [1.54, 1.807) is 4.90 Å². The molecule has 1 aromatic carbocycles. The largest absolute Gasteiger partial charge is 0.336 e. The van der Waals surface area contributed by atoms with Gasteiger partial charge in [0.1, 0.15) is 4.60 Å². The van der Waals surface area contributed by atoms with Crippen LogP contribution in [-0.2, 0) is 6.42 Å². The van der Waals surface area contributed by atoms with Crippen molar-refractivity contribution in [1.29, 1.82) is 0 Å². The molecule has 2 aromatic rings. The Kier molecular flexibility index (Phi) is 5.52. The van der Waals surface area contributed by atoms with Crippen LogP contribution in [0.25, 0.3) is 10.9 Å². The fraction of sp³-hybridized carbons (Fsp3) is 0.500. The molecule has 1 aliphatic heterocycles. The van der Waals surface area contributed by atoms with Gasteiger partial charge in [-0.15, -0.1) is 6.58 Å². The highest BCUT2D eigenvalue weighted by atomic mass is 79.9. The number of hydrogen-bond donors (Lipinski definition) is 1. The molecule has 6 heteroatoms. The molecule has 4 rings (SSSR count). The summed E-state index contributed by atoms with van der Waals surface area (Å²) in [5.41, 5.74) is 6.93. The predicted molar refractivity (Wildman–Crippen MR) is 119 cm³/mol. The second-order valence-corrected chi connectivity index (χ2v) is 8.49. The van der Waals surface area contributed by atoms with Crippen LogP contribution in [-0.4, -0.2) is 52.7 Å². The van der Waals surface area contributed by atoms with E-state index >= 15 is 0 Å². The number of hydrogen-bond acceptors (Lipinski definition) is 2. The van der Waals surface area contributed by atoms with E-state index in [4.69, 9.17) is 0 Å². The number of urea groups is 1. The first-order valence-corrected chi connectivity index (χ1v) is 11.1. The number of carbonyl (C=O) groups is 1. The van der Waals surface area contributed by atoms with Gasteiger partial charge in [0.25, 0.3) is 0 Å². The molecule has 1 aliphatic carbocycles. The summed E-state index contributed by atoms with van der Waals surface area (Å²) in [5.74, 6) is 0.547. The minimum Gasteiger partial charge on any atom is -0.324 e. The lowest BCUT2D eigenvalue weighted by Gasteiger charge is -2.43. The van der Waals surface area contributed by atoms with Crippen molar-refractivity contribution in [3.05, 3.63) is 46.6 Å². The maximum absolute atomic E-state index is 12.7. The molecule has 0 unspecified atom stereocenters. The molecule has 2 aliphatic rings. The molecule has 0 radical (unpaired) electrons. The number of fused-ring (bicyclic) bond motifs is 2. The molecule has 2 atom stereocenters. The van der Waals surface area contributed by atoms with Crippen LogP contribution in [0.2, 0.25) is 0 Å². The molecule has 2 amide bonds. The highest BCUT2D eigenvalue weighted by molar-refractivity contribution is 9.10. The number of nitrogens with one attached hydrogen (secondary N) is 1. The lowest BCUT2D eigenvalue weighted by Crippen LogP contribution is -2.46. The van der Waals surface area contributed by atoms with E-state index in [9.17, 15) is 4.79 Å². The molecule has 1 fully saturated rings. The quantitative estimate of drug-likeness (QED) is 0.678. The highest BCUT2D eigenvalue weighted by Crippen LogP contribution is 2.46. The van der Waals surface area contributed by atoms with Crippen molar-refractivity contribution >= 4 is 32.9 Å². The Morgan fingerprint density at radius 1 is 1.39 bits per heavy atom. The number of piperidine rings is 1. The standard InChI is InChI=1S/C22H29BrN4O/c1-4-12-26-13-8-10-15-16-9-7-11-18-20(16)17(14-19(15)26)21(23)27(18)24-22(28)25(5-2)6-3/h4,7,9,11,15,19H,1,5-6,8,10,12-14H2,2-3H3,(H,24,28)/t15-,19-/m1/s1. The molecule has 1 saturated heterocycles. The van der Waals surface area contributed by atoms with Crippen LogP contribution in [0, 0.1) is 0 Å². The molecule has 1 aromatic heterocycles. The Balaban J connectivity index is 1.78. The van der Waals surface area contributed by atoms with Gasteiger partial charge in [-0.3, -0.25) is 4.90 Å². The number of carbonyl (C=O) groups excluding carboxylic acids is 1. The highest BCUT2D eigenvalue weighted by Gasteiger charge is 2.38. The molecule has 0 bridgehead atoms. The van der Waals surface area contributed by atoms with Crippen LogP contribution in [0.15, 0.2) is 35.5 Å². The Hall–Kier alpha value is -1.79. The summed E-state index contributed by atoms with van der Waals surface area (Å²) < 4.78 is 2.90. The maximum Gasteiger partial charge on any atom is 0.336 e. The number of nitrogens with zero attached hydrogens (tertiary/aromatic N) is 3. The molecule has 0 spiro atoms. The average Bonchev–Trinajstić information content (AvgIpc) is 2.97. The van der Waals surface area contributed by atoms with Crippen LogP contribution >= 0.6 is 15.9 Å². The minimum absolute atomic E-state index is 0.0653. The van der Waals surface area contributed by atoms with Gasteiger partial charge in [0.2, 0.25) is 0 Å². The monoisotopic (exact) mass is 444 g/mol. The third-order valence-electron chi connectivity index (χ3n) is 6.39. The summed E-state index contributed by atoms with van der Waals surface area (Å²) in [6, 6.07) is 6.95. The van der Waals surface area contributed by atoms with Gasteiger partial charge in [-0.25, -0.2) is 14.9 Å². The van der Waals surface area contributed by atoms with Crippen molar-refractivity contribution in [1.82, 2.24) is 14.5 Å².